The van der Waals surface area contributed by atoms with Crippen LogP contribution in [0.1, 0.15) is 46.4 Å². The number of aromatic carboxylic acids is 1. The summed E-state index contributed by atoms with van der Waals surface area (Å²) in [7, 11) is 1.38. The van der Waals surface area contributed by atoms with Crippen LogP contribution in [0.3, 0.4) is 0 Å². The van der Waals surface area contributed by atoms with Gasteiger partial charge in [-0.3, -0.25) is 4.79 Å². The predicted molar refractivity (Wildman–Crippen MR) is 119 cm³/mol. The van der Waals surface area contributed by atoms with Crippen LogP contribution in [0.2, 0.25) is 0 Å². The normalized spacial score (nSPS) is 17.9. The summed E-state index contributed by atoms with van der Waals surface area (Å²) in [5.41, 5.74) is 0.0229. The number of carboxylic acid groups (broad SMARTS) is 1. The maximum Gasteiger partial charge on any atom is 0.343 e. The fraction of sp³-hybridized carbons (Fsp3) is 0.348. The molecule has 0 spiro atoms. The van der Waals surface area contributed by atoms with Crippen molar-refractivity contribution in [1.82, 2.24) is 20.0 Å². The highest BCUT2D eigenvalue weighted by Crippen LogP contribution is 2.30. The largest absolute Gasteiger partial charge is 0.496 e. The molecule has 2 N–H and O–H groups in total. The van der Waals surface area contributed by atoms with Gasteiger partial charge in [0.1, 0.15) is 22.9 Å². The molecule has 11 heteroatoms. The van der Waals surface area contributed by atoms with Crippen LogP contribution in [0.5, 0.6) is 5.75 Å². The zero-order valence-corrected chi connectivity index (χ0v) is 18.9. The van der Waals surface area contributed by atoms with Gasteiger partial charge >= 0.3 is 5.97 Å². The van der Waals surface area contributed by atoms with Gasteiger partial charge in [0.05, 0.1) is 18.2 Å². The summed E-state index contributed by atoms with van der Waals surface area (Å²) in [4.78, 5) is 35.2. The number of hydrogen-bond acceptors (Lipinski definition) is 8. The Bertz CT molecular complexity index is 1230. The van der Waals surface area contributed by atoms with E-state index in [9.17, 15) is 19.1 Å². The first kappa shape index (κ1) is 23.1. The minimum atomic E-state index is -1.18. The number of piperidine rings is 1. The van der Waals surface area contributed by atoms with Gasteiger partial charge in [-0.2, -0.15) is 4.98 Å². The van der Waals surface area contributed by atoms with E-state index in [1.807, 2.05) is 6.92 Å². The summed E-state index contributed by atoms with van der Waals surface area (Å²) < 4.78 is 24.9. The number of carbonyl (C=O) groups is 2. The Morgan fingerprint density at radius 1 is 1.29 bits per heavy atom. The molecule has 10 nitrogen and oxygen atoms in total. The van der Waals surface area contributed by atoms with E-state index in [4.69, 9.17) is 9.26 Å². The highest BCUT2D eigenvalue weighted by Gasteiger charge is 2.33. The van der Waals surface area contributed by atoms with E-state index in [0.717, 1.165) is 0 Å². The van der Waals surface area contributed by atoms with E-state index in [0.29, 0.717) is 12.8 Å². The Labute approximate surface area is 194 Å². The first-order chi connectivity index (χ1) is 16.3. The summed E-state index contributed by atoms with van der Waals surface area (Å²) in [5, 5.41) is 16.6. The number of likely N-dealkylation sites (tertiary alicyclic amines) is 1. The molecular formula is C23H24FN5O5. The van der Waals surface area contributed by atoms with Crippen LogP contribution in [0.4, 0.5) is 10.2 Å². The van der Waals surface area contributed by atoms with Gasteiger partial charge in [-0.1, -0.05) is 11.2 Å². The molecule has 34 heavy (non-hydrogen) atoms. The van der Waals surface area contributed by atoms with E-state index < -0.39 is 11.8 Å². The van der Waals surface area contributed by atoms with Crippen molar-refractivity contribution in [3.05, 3.63) is 53.3 Å². The Kier molecular flexibility index (Phi) is 6.44. The van der Waals surface area contributed by atoms with Crippen LogP contribution in [0.25, 0.3) is 11.4 Å². The molecule has 1 aromatic carbocycles. The second-order valence-corrected chi connectivity index (χ2v) is 8.07. The lowest BCUT2D eigenvalue weighted by Crippen LogP contribution is -2.50. The third-order valence-electron chi connectivity index (χ3n) is 5.83. The SMILES string of the molecule is COc1ccnc(N[C@@H]2CC[C@@H](C)N(C(=O)c3cccc(F)c3-c3noc(C)n3)C2)c1C(=O)O. The topological polar surface area (TPSA) is 131 Å². The number of carboxylic acids is 1. The molecular weight excluding hydrogens is 445 g/mol. The molecule has 1 aliphatic rings. The number of anilines is 1. The van der Waals surface area contributed by atoms with E-state index >= 15 is 0 Å². The molecule has 1 fully saturated rings. The van der Waals surface area contributed by atoms with E-state index in [1.165, 1.54) is 37.6 Å². The van der Waals surface area contributed by atoms with Crippen molar-refractivity contribution in [2.45, 2.75) is 38.8 Å². The molecule has 0 saturated carbocycles. The van der Waals surface area contributed by atoms with Crippen molar-refractivity contribution in [3.63, 3.8) is 0 Å². The predicted octanol–water partition coefficient (Wildman–Crippen LogP) is 3.39. The van der Waals surface area contributed by atoms with Crippen LogP contribution in [0.15, 0.2) is 35.0 Å². The third kappa shape index (κ3) is 4.41. The number of halogens is 1. The molecule has 3 heterocycles. The Hall–Kier alpha value is -4.02. The number of nitrogens with one attached hydrogen (secondary N) is 1. The number of amides is 1. The maximum absolute atomic E-state index is 14.7. The van der Waals surface area contributed by atoms with Crippen molar-refractivity contribution in [2.24, 2.45) is 0 Å². The second kappa shape index (κ2) is 9.46. The Morgan fingerprint density at radius 2 is 2.09 bits per heavy atom. The molecule has 4 rings (SSSR count). The van der Waals surface area contributed by atoms with Gasteiger partial charge in [0.2, 0.25) is 11.7 Å². The Balaban J connectivity index is 1.62. The van der Waals surface area contributed by atoms with E-state index in [1.54, 1.807) is 11.8 Å². The molecule has 3 aromatic rings. The number of aromatic nitrogens is 3. The first-order valence-electron chi connectivity index (χ1n) is 10.7. The summed E-state index contributed by atoms with van der Waals surface area (Å²) in [6.45, 7) is 3.76. The summed E-state index contributed by atoms with van der Waals surface area (Å²) >= 11 is 0. The Morgan fingerprint density at radius 3 is 2.76 bits per heavy atom. The van der Waals surface area contributed by atoms with E-state index in [2.05, 4.69) is 20.4 Å². The zero-order chi connectivity index (χ0) is 24.4. The number of benzene rings is 1. The maximum atomic E-state index is 14.7. The van der Waals surface area contributed by atoms with Crippen LogP contribution >= 0.6 is 0 Å². The smallest absolute Gasteiger partial charge is 0.343 e. The monoisotopic (exact) mass is 469 g/mol. The highest BCUT2D eigenvalue weighted by molar-refractivity contribution is 6.00. The van der Waals surface area contributed by atoms with Gasteiger partial charge in [0.15, 0.2) is 0 Å². The minimum Gasteiger partial charge on any atom is -0.496 e. The van der Waals surface area contributed by atoms with Gasteiger partial charge < -0.3 is 24.6 Å². The van der Waals surface area contributed by atoms with Crippen LogP contribution in [-0.2, 0) is 0 Å². The number of carbonyl (C=O) groups excluding carboxylic acids is 1. The van der Waals surface area contributed by atoms with Crippen LogP contribution in [0, 0.1) is 12.7 Å². The summed E-state index contributed by atoms with van der Waals surface area (Å²) in [5.74, 6) is -1.58. The second-order valence-electron chi connectivity index (χ2n) is 8.07. The minimum absolute atomic E-state index is 0.00460. The van der Waals surface area contributed by atoms with Crippen molar-refractivity contribution >= 4 is 17.7 Å². The summed E-state index contributed by atoms with van der Waals surface area (Å²) in [6.07, 6.45) is 2.79. The van der Waals surface area contributed by atoms with Gasteiger partial charge in [0.25, 0.3) is 5.91 Å². The number of nitrogens with zero attached hydrogens (tertiary/aromatic N) is 4. The fourth-order valence-corrected chi connectivity index (χ4v) is 4.12. The molecule has 1 aliphatic heterocycles. The molecule has 2 atom stereocenters. The zero-order valence-electron chi connectivity index (χ0n) is 18.9. The number of rotatable bonds is 6. The number of ether oxygens (including phenoxy) is 1. The van der Waals surface area contributed by atoms with Crippen molar-refractivity contribution in [3.8, 4) is 17.1 Å². The lowest BCUT2D eigenvalue weighted by molar-refractivity contribution is 0.0618. The summed E-state index contributed by atoms with van der Waals surface area (Å²) in [6, 6.07) is 5.31. The molecule has 2 aromatic heterocycles. The lowest BCUT2D eigenvalue weighted by atomic mass is 9.96. The van der Waals surface area contributed by atoms with Crippen molar-refractivity contribution in [2.75, 3.05) is 19.0 Å². The van der Waals surface area contributed by atoms with Gasteiger partial charge in [-0.25, -0.2) is 14.2 Å². The van der Waals surface area contributed by atoms with Crippen molar-refractivity contribution in [1.29, 1.82) is 0 Å². The molecule has 0 aliphatic carbocycles. The number of hydrogen-bond donors (Lipinski definition) is 2. The third-order valence-corrected chi connectivity index (χ3v) is 5.83. The van der Waals surface area contributed by atoms with Gasteiger partial charge in [-0.15, -0.1) is 0 Å². The number of pyridine rings is 1. The molecule has 0 bridgehead atoms. The molecule has 1 amide bonds. The van der Waals surface area contributed by atoms with Crippen LogP contribution < -0.4 is 10.1 Å². The number of aryl methyl sites for hydroxylation is 1. The lowest BCUT2D eigenvalue weighted by Gasteiger charge is -2.39. The van der Waals surface area contributed by atoms with Crippen molar-refractivity contribution < 1.29 is 28.3 Å². The molecule has 178 valence electrons. The fourth-order valence-electron chi connectivity index (χ4n) is 4.12. The van der Waals surface area contributed by atoms with Gasteiger partial charge in [-0.05, 0) is 38.0 Å². The standard InChI is InChI=1S/C23H24FN5O5/c1-12-7-8-14(27-20-19(23(31)32)17(33-3)9-10-25-20)11-29(12)22(30)15-5-4-6-16(24)18(15)21-26-13(2)34-28-21/h4-6,9-10,12,14H,7-8,11H2,1-3H3,(H,25,27)(H,31,32)/t12-,14-/m1/s1. The molecule has 1 saturated heterocycles. The van der Waals surface area contributed by atoms with Crippen LogP contribution in [-0.4, -0.2) is 62.7 Å². The highest BCUT2D eigenvalue weighted by atomic mass is 19.1. The average molecular weight is 469 g/mol. The van der Waals surface area contributed by atoms with E-state index in [-0.39, 0.29) is 64.5 Å². The quantitative estimate of drug-likeness (QED) is 0.558. The molecule has 0 radical (unpaired) electrons. The molecule has 0 unspecified atom stereocenters. The first-order valence-corrected chi connectivity index (χ1v) is 10.7. The van der Waals surface area contributed by atoms with Gasteiger partial charge in [0, 0.05) is 31.7 Å². The average Bonchev–Trinajstić information content (AvgIpc) is 3.25. The number of methoxy groups -OCH3 is 1.